The summed E-state index contributed by atoms with van der Waals surface area (Å²) in [5, 5.41) is 3.33. The predicted molar refractivity (Wildman–Crippen MR) is 83.2 cm³/mol. The Labute approximate surface area is 146 Å². The summed E-state index contributed by atoms with van der Waals surface area (Å²) < 4.78 is 46.6. The van der Waals surface area contributed by atoms with Crippen LogP contribution in [0.5, 0.6) is 0 Å². The summed E-state index contributed by atoms with van der Waals surface area (Å²) in [6.45, 7) is 2.35. The molecule has 1 aliphatic rings. The smallest absolute Gasteiger partial charge is 0.375 e. The number of carbonyl (C=O) groups excluding carboxylic acids is 1. The summed E-state index contributed by atoms with van der Waals surface area (Å²) in [5.74, 6) is -0.972. The molecule has 3 heterocycles. The van der Waals surface area contributed by atoms with Gasteiger partial charge >= 0.3 is 12.1 Å². The number of anilines is 1. The zero-order valence-electron chi connectivity index (χ0n) is 13.9. The average molecular weight is 371 g/mol. The molecule has 2 aromatic rings. The number of hydrogen-bond donors (Lipinski definition) is 0. The summed E-state index contributed by atoms with van der Waals surface area (Å²) >= 11 is 0. The number of nitrogens with zero attached hydrogens (tertiary/aromatic N) is 5. The van der Waals surface area contributed by atoms with Crippen molar-refractivity contribution in [2.75, 3.05) is 44.8 Å². The third-order valence-corrected chi connectivity index (χ3v) is 3.90. The highest BCUT2D eigenvalue weighted by Gasteiger charge is 2.38. The highest BCUT2D eigenvalue weighted by molar-refractivity contribution is 5.77. The van der Waals surface area contributed by atoms with Crippen LogP contribution in [0.25, 0.3) is 11.4 Å². The van der Waals surface area contributed by atoms with Crippen molar-refractivity contribution in [1.29, 1.82) is 0 Å². The molecular weight excluding hydrogens is 355 g/mol. The van der Waals surface area contributed by atoms with Gasteiger partial charge in [-0.25, -0.2) is 4.98 Å². The topological polar surface area (TPSA) is 84.6 Å². The maximum atomic E-state index is 12.5. The van der Waals surface area contributed by atoms with Gasteiger partial charge in [0.2, 0.25) is 11.7 Å². The summed E-state index contributed by atoms with van der Waals surface area (Å²) in [6.07, 6.45) is -3.29. The van der Waals surface area contributed by atoms with E-state index in [1.165, 1.54) is 13.3 Å². The molecule has 26 heavy (non-hydrogen) atoms. The Balaban J connectivity index is 1.64. The Kier molecular flexibility index (Phi) is 5.07. The SMILES string of the molecule is COCC(=O)N1CCN(c2ccc(-c3noc(C(F)(F)F)n3)cn2)CC1. The molecule has 0 aliphatic carbocycles. The minimum Gasteiger partial charge on any atom is -0.375 e. The van der Waals surface area contributed by atoms with Crippen molar-refractivity contribution in [3.05, 3.63) is 24.2 Å². The van der Waals surface area contributed by atoms with E-state index in [1.807, 2.05) is 4.90 Å². The number of carbonyl (C=O) groups is 1. The van der Waals surface area contributed by atoms with Crippen molar-refractivity contribution in [2.24, 2.45) is 0 Å². The summed E-state index contributed by atoms with van der Waals surface area (Å²) in [4.78, 5) is 23.1. The highest BCUT2D eigenvalue weighted by Crippen LogP contribution is 2.29. The van der Waals surface area contributed by atoms with Crippen LogP contribution in [0.2, 0.25) is 0 Å². The van der Waals surface area contributed by atoms with E-state index in [1.54, 1.807) is 17.0 Å². The monoisotopic (exact) mass is 371 g/mol. The molecule has 0 bridgehead atoms. The van der Waals surface area contributed by atoms with Gasteiger partial charge in [0.1, 0.15) is 12.4 Å². The fraction of sp³-hybridized carbons (Fsp3) is 0.467. The van der Waals surface area contributed by atoms with Gasteiger partial charge in [0.25, 0.3) is 0 Å². The zero-order chi connectivity index (χ0) is 18.7. The molecule has 1 fully saturated rings. The van der Waals surface area contributed by atoms with Gasteiger partial charge in [-0.3, -0.25) is 4.79 Å². The fourth-order valence-electron chi connectivity index (χ4n) is 2.56. The maximum Gasteiger partial charge on any atom is 0.471 e. The van der Waals surface area contributed by atoms with E-state index in [0.29, 0.717) is 37.6 Å². The van der Waals surface area contributed by atoms with E-state index < -0.39 is 12.1 Å². The fourth-order valence-corrected chi connectivity index (χ4v) is 2.56. The van der Waals surface area contributed by atoms with Gasteiger partial charge in [0, 0.05) is 45.0 Å². The van der Waals surface area contributed by atoms with Gasteiger partial charge in [-0.15, -0.1) is 0 Å². The molecule has 1 saturated heterocycles. The number of halogens is 3. The molecule has 3 rings (SSSR count). The lowest BCUT2D eigenvalue weighted by Gasteiger charge is -2.35. The lowest BCUT2D eigenvalue weighted by molar-refractivity contribution is -0.159. The van der Waals surface area contributed by atoms with Crippen LogP contribution in [0, 0.1) is 0 Å². The van der Waals surface area contributed by atoms with Crippen LogP contribution < -0.4 is 4.90 Å². The predicted octanol–water partition coefficient (Wildman–Crippen LogP) is 1.45. The number of ether oxygens (including phenoxy) is 1. The van der Waals surface area contributed by atoms with E-state index in [9.17, 15) is 18.0 Å². The van der Waals surface area contributed by atoms with Crippen LogP contribution in [-0.2, 0) is 15.7 Å². The molecule has 0 N–H and O–H groups in total. The highest BCUT2D eigenvalue weighted by atomic mass is 19.4. The van der Waals surface area contributed by atoms with Gasteiger partial charge in [-0.1, -0.05) is 5.16 Å². The second-order valence-electron chi connectivity index (χ2n) is 5.63. The second-order valence-corrected chi connectivity index (χ2v) is 5.63. The number of aromatic nitrogens is 3. The summed E-state index contributed by atoms with van der Waals surface area (Å²) in [5.41, 5.74) is 0.321. The largest absolute Gasteiger partial charge is 0.471 e. The molecule has 0 radical (unpaired) electrons. The van der Waals surface area contributed by atoms with Crippen LogP contribution in [0.15, 0.2) is 22.9 Å². The number of alkyl halides is 3. The van der Waals surface area contributed by atoms with E-state index in [-0.39, 0.29) is 18.3 Å². The Hall–Kier alpha value is -2.69. The molecule has 2 aromatic heterocycles. The number of rotatable bonds is 4. The third-order valence-electron chi connectivity index (χ3n) is 3.90. The molecule has 0 spiro atoms. The van der Waals surface area contributed by atoms with Crippen LogP contribution in [-0.4, -0.2) is 65.8 Å². The Morgan fingerprint density at radius 3 is 2.54 bits per heavy atom. The van der Waals surface area contributed by atoms with Gasteiger partial charge in [-0.2, -0.15) is 18.2 Å². The van der Waals surface area contributed by atoms with Crippen molar-refractivity contribution in [1.82, 2.24) is 20.0 Å². The first-order valence-electron chi connectivity index (χ1n) is 7.77. The van der Waals surface area contributed by atoms with Crippen LogP contribution in [0.4, 0.5) is 19.0 Å². The van der Waals surface area contributed by atoms with E-state index in [0.717, 1.165) is 0 Å². The Bertz CT molecular complexity index is 755. The van der Waals surface area contributed by atoms with E-state index >= 15 is 0 Å². The normalized spacial score (nSPS) is 15.4. The molecular formula is C15H16F3N5O3. The third kappa shape index (κ3) is 3.93. The van der Waals surface area contributed by atoms with Crippen molar-refractivity contribution < 1.29 is 27.2 Å². The Morgan fingerprint density at radius 1 is 1.27 bits per heavy atom. The molecule has 0 unspecified atom stereocenters. The molecule has 0 aromatic carbocycles. The van der Waals surface area contributed by atoms with Crippen LogP contribution in [0.3, 0.4) is 0 Å². The quantitative estimate of drug-likeness (QED) is 0.804. The molecule has 11 heteroatoms. The average Bonchev–Trinajstić information content (AvgIpc) is 3.13. The first-order chi connectivity index (χ1) is 12.4. The maximum absolute atomic E-state index is 12.5. The zero-order valence-corrected chi connectivity index (χ0v) is 13.9. The molecule has 0 saturated carbocycles. The van der Waals surface area contributed by atoms with Crippen molar-refractivity contribution >= 4 is 11.7 Å². The van der Waals surface area contributed by atoms with Crippen molar-refractivity contribution in [3.63, 3.8) is 0 Å². The number of hydrogen-bond acceptors (Lipinski definition) is 7. The van der Waals surface area contributed by atoms with Crippen LogP contribution in [0.1, 0.15) is 5.89 Å². The first-order valence-corrected chi connectivity index (χ1v) is 7.77. The molecule has 1 amide bonds. The molecule has 140 valence electrons. The van der Waals surface area contributed by atoms with Crippen LogP contribution >= 0.6 is 0 Å². The summed E-state index contributed by atoms with van der Waals surface area (Å²) in [7, 11) is 1.47. The minimum atomic E-state index is -4.68. The number of piperazine rings is 1. The Morgan fingerprint density at radius 2 is 2.00 bits per heavy atom. The molecule has 8 nitrogen and oxygen atoms in total. The van der Waals surface area contributed by atoms with E-state index in [4.69, 9.17) is 4.74 Å². The first kappa shape index (κ1) is 18.1. The van der Waals surface area contributed by atoms with Gasteiger partial charge < -0.3 is 19.1 Å². The lowest BCUT2D eigenvalue weighted by Crippen LogP contribution is -2.49. The standard InChI is InChI=1S/C15H16F3N5O3/c1-25-9-12(24)23-6-4-22(5-7-23)11-3-2-10(8-19-11)13-20-14(26-21-13)15(16,17)18/h2-3,8H,4-7,9H2,1H3. The summed E-state index contributed by atoms with van der Waals surface area (Å²) in [6, 6.07) is 3.25. The second kappa shape index (κ2) is 7.28. The van der Waals surface area contributed by atoms with Crippen molar-refractivity contribution in [3.8, 4) is 11.4 Å². The number of pyridine rings is 1. The molecule has 1 aliphatic heterocycles. The molecule has 0 atom stereocenters. The minimum absolute atomic E-state index is 0.0531. The van der Waals surface area contributed by atoms with Gasteiger partial charge in [-0.05, 0) is 12.1 Å². The number of amides is 1. The number of methoxy groups -OCH3 is 1. The van der Waals surface area contributed by atoms with E-state index in [2.05, 4.69) is 19.6 Å². The van der Waals surface area contributed by atoms with Gasteiger partial charge in [0.05, 0.1) is 0 Å². The van der Waals surface area contributed by atoms with Gasteiger partial charge in [0.15, 0.2) is 0 Å². The van der Waals surface area contributed by atoms with Crippen molar-refractivity contribution in [2.45, 2.75) is 6.18 Å². The lowest BCUT2D eigenvalue weighted by atomic mass is 10.2.